The predicted octanol–water partition coefficient (Wildman–Crippen LogP) is 4.27. The van der Waals surface area contributed by atoms with Crippen molar-refractivity contribution in [3.8, 4) is 0 Å². The summed E-state index contributed by atoms with van der Waals surface area (Å²) in [6, 6.07) is 16.4. The number of aromatic nitrogens is 4. The number of fused-ring (bicyclic) bond motifs is 8. The van der Waals surface area contributed by atoms with Crippen molar-refractivity contribution in [3.63, 3.8) is 0 Å². The fraction of sp³-hybridized carbons (Fsp3) is 0. The molecule has 5 rings (SSSR count). The van der Waals surface area contributed by atoms with E-state index in [2.05, 4.69) is 50.3 Å². The van der Waals surface area contributed by atoms with Crippen molar-refractivity contribution in [2.75, 3.05) is 0 Å². The van der Waals surface area contributed by atoms with Gasteiger partial charge in [0.15, 0.2) is 0 Å². The van der Waals surface area contributed by atoms with E-state index in [9.17, 15) is 0 Å². The summed E-state index contributed by atoms with van der Waals surface area (Å²) in [5.74, 6) is 0. The third-order valence-electron chi connectivity index (χ3n) is 4.04. The Morgan fingerprint density at radius 1 is 0.480 bits per heavy atom. The van der Waals surface area contributed by atoms with E-state index in [1.54, 1.807) is 0 Å². The van der Waals surface area contributed by atoms with E-state index in [0.717, 1.165) is 44.8 Å². The summed E-state index contributed by atoms with van der Waals surface area (Å²) in [6.45, 7) is 0. The van der Waals surface area contributed by atoms with Crippen LogP contribution in [0.15, 0.2) is 48.5 Å². The van der Waals surface area contributed by atoms with Crippen LogP contribution >= 0.6 is 0 Å². The van der Waals surface area contributed by atoms with Gasteiger partial charge in [0.1, 0.15) is 0 Å². The summed E-state index contributed by atoms with van der Waals surface area (Å²) in [4.78, 5) is 16.0. The van der Waals surface area contributed by atoms with Gasteiger partial charge < -0.3 is 9.97 Å². The molecule has 2 aliphatic heterocycles. The van der Waals surface area contributed by atoms with Crippen LogP contribution in [0.25, 0.3) is 46.4 Å². The fourth-order valence-electron chi connectivity index (χ4n) is 2.94. The second-order valence-electron chi connectivity index (χ2n) is 5.91. The van der Waals surface area contributed by atoms with Gasteiger partial charge in [-0.2, -0.15) is 0 Å². The Kier molecular flexibility index (Phi) is 4.12. The van der Waals surface area contributed by atoms with Crippen LogP contribution in [0.2, 0.25) is 0 Å². The molecule has 0 aliphatic carbocycles. The summed E-state index contributed by atoms with van der Waals surface area (Å²) in [6.07, 6.45) is 8.05. The van der Waals surface area contributed by atoms with Crippen LogP contribution in [0, 0.1) is 0 Å². The molecule has 0 saturated carbocycles. The minimum atomic E-state index is 0. The maximum atomic E-state index is 4.62. The quantitative estimate of drug-likeness (QED) is 0.303. The van der Waals surface area contributed by atoms with Gasteiger partial charge in [0.2, 0.25) is 0 Å². The van der Waals surface area contributed by atoms with Crippen molar-refractivity contribution < 1.29 is 0 Å². The predicted molar refractivity (Wildman–Crippen MR) is 105 cm³/mol. The molecule has 8 bridgehead atoms. The second-order valence-corrected chi connectivity index (χ2v) is 5.91. The second kappa shape index (κ2) is 6.44. The van der Waals surface area contributed by atoms with Crippen molar-refractivity contribution in [1.82, 2.24) is 19.9 Å². The van der Waals surface area contributed by atoms with E-state index < -0.39 is 0 Å². The first-order valence-electron chi connectivity index (χ1n) is 7.85. The normalized spacial score (nSPS) is 12.2. The van der Waals surface area contributed by atoms with Gasteiger partial charge in [0.05, 0.1) is 22.8 Å². The number of hydrogen-bond acceptors (Lipinski definition) is 2. The molecule has 3 aromatic rings. The van der Waals surface area contributed by atoms with E-state index in [-0.39, 0.29) is 27.3 Å². The monoisotopic (exact) mass is 515 g/mol. The Morgan fingerprint density at radius 2 is 0.840 bits per heavy atom. The zero-order valence-electron chi connectivity index (χ0n) is 13.4. The molecule has 117 valence electrons. The summed E-state index contributed by atoms with van der Waals surface area (Å²) in [5.41, 5.74) is 7.86. The molecule has 0 atom stereocenters. The Balaban J connectivity index is 0.00000157. The summed E-state index contributed by atoms with van der Waals surface area (Å²) in [7, 11) is 0. The summed E-state index contributed by atoms with van der Waals surface area (Å²) < 4.78 is 0. The molecule has 0 saturated heterocycles. The van der Waals surface area contributed by atoms with Gasteiger partial charge in [0.25, 0.3) is 0 Å². The van der Waals surface area contributed by atoms with Crippen molar-refractivity contribution in [2.45, 2.75) is 0 Å². The molecule has 0 unspecified atom stereocenters. The van der Waals surface area contributed by atoms with E-state index in [1.165, 1.54) is 0 Å². The molecular weight excluding hydrogens is 501 g/mol. The first-order valence-corrected chi connectivity index (χ1v) is 7.85. The molecular formula is C20H14N4Tl. The van der Waals surface area contributed by atoms with Gasteiger partial charge in [-0.25, -0.2) is 9.97 Å². The van der Waals surface area contributed by atoms with Crippen LogP contribution in [0.4, 0.5) is 0 Å². The van der Waals surface area contributed by atoms with Gasteiger partial charge in [-0.15, -0.1) is 0 Å². The number of nitrogens with zero attached hydrogens (tertiary/aromatic N) is 2. The SMILES string of the molecule is C1=Cc2cc3ccc(cc4ccc(cc5nc(cc1n2)C=C5)[nH]4)[nH]3.[Tl]. The number of aromatic amines is 2. The summed E-state index contributed by atoms with van der Waals surface area (Å²) in [5, 5.41) is 0. The zero-order chi connectivity index (χ0) is 15.9. The van der Waals surface area contributed by atoms with Gasteiger partial charge >= 0.3 is 0 Å². The zero-order valence-corrected chi connectivity index (χ0v) is 17.9. The molecule has 0 amide bonds. The van der Waals surface area contributed by atoms with E-state index in [4.69, 9.17) is 0 Å². The Hall–Kier alpha value is -2.48. The molecule has 5 heterocycles. The fourth-order valence-corrected chi connectivity index (χ4v) is 2.94. The molecule has 5 heteroatoms. The molecule has 4 nitrogen and oxygen atoms in total. The van der Waals surface area contributed by atoms with Crippen LogP contribution in [0.3, 0.4) is 0 Å². The molecule has 2 N–H and O–H groups in total. The Labute approximate surface area is 164 Å². The van der Waals surface area contributed by atoms with Crippen molar-refractivity contribution in [1.29, 1.82) is 0 Å². The minimum Gasteiger partial charge on any atom is -0.355 e. The van der Waals surface area contributed by atoms with Gasteiger partial charge in [-0.05, 0) is 72.8 Å². The van der Waals surface area contributed by atoms with Crippen LogP contribution in [-0.2, 0) is 0 Å². The van der Waals surface area contributed by atoms with Crippen molar-refractivity contribution in [3.05, 3.63) is 71.3 Å². The molecule has 0 fully saturated rings. The topological polar surface area (TPSA) is 57.4 Å². The maximum Gasteiger partial charge on any atom is 0.0659 e. The molecule has 1 radical (unpaired) electrons. The van der Waals surface area contributed by atoms with Gasteiger partial charge in [-0.1, -0.05) is 0 Å². The first-order chi connectivity index (χ1) is 11.8. The van der Waals surface area contributed by atoms with Gasteiger partial charge in [0, 0.05) is 49.4 Å². The largest absolute Gasteiger partial charge is 0.355 e. The minimum absolute atomic E-state index is 0. The van der Waals surface area contributed by atoms with E-state index in [0.29, 0.717) is 0 Å². The standard InChI is InChI=1S/C20H14N4.Tl/c1-2-14-10-16-5-6-18(23-16)12-20-8-7-19(24-20)11-17-4-3-15(22-17)9-13(1)21-14;/h1-12,21-22H;. The van der Waals surface area contributed by atoms with E-state index in [1.807, 2.05) is 42.5 Å². The summed E-state index contributed by atoms with van der Waals surface area (Å²) >= 11 is 0. The molecule has 0 spiro atoms. The number of nitrogens with one attached hydrogen (secondary N) is 2. The Bertz CT molecular complexity index is 1080. The smallest absolute Gasteiger partial charge is 0.0659 e. The number of H-pyrrole nitrogens is 2. The number of rotatable bonds is 0. The average molecular weight is 515 g/mol. The molecule has 3 aromatic heterocycles. The first kappa shape index (κ1) is 16.0. The van der Waals surface area contributed by atoms with E-state index >= 15 is 0 Å². The van der Waals surface area contributed by atoms with Crippen molar-refractivity contribution >= 4 is 73.7 Å². The van der Waals surface area contributed by atoms with Crippen LogP contribution in [0.5, 0.6) is 0 Å². The van der Waals surface area contributed by atoms with Crippen LogP contribution in [-0.4, -0.2) is 47.2 Å². The molecule has 25 heavy (non-hydrogen) atoms. The third-order valence-corrected chi connectivity index (χ3v) is 4.04. The number of hydrogen-bond donors (Lipinski definition) is 2. The Morgan fingerprint density at radius 3 is 1.28 bits per heavy atom. The van der Waals surface area contributed by atoms with Crippen molar-refractivity contribution in [2.24, 2.45) is 0 Å². The van der Waals surface area contributed by atoms with Crippen LogP contribution in [0.1, 0.15) is 22.8 Å². The average Bonchev–Trinajstić information content (AvgIpc) is 3.32. The molecule has 0 aromatic carbocycles. The maximum absolute atomic E-state index is 4.62. The van der Waals surface area contributed by atoms with Gasteiger partial charge in [-0.3, -0.25) is 0 Å². The molecule has 2 aliphatic rings. The third kappa shape index (κ3) is 3.34. The van der Waals surface area contributed by atoms with Crippen LogP contribution < -0.4 is 0 Å².